The van der Waals surface area contributed by atoms with Crippen molar-refractivity contribution in [3.63, 3.8) is 0 Å². The van der Waals surface area contributed by atoms with Gasteiger partial charge in [0.15, 0.2) is 0 Å². The Labute approximate surface area is 259 Å². The van der Waals surface area contributed by atoms with Gasteiger partial charge in [0, 0.05) is 52.6 Å². The molecule has 1 aromatic heterocycles. The maximum absolute atomic E-state index is 14.1. The molecule has 3 amide bonds. The maximum Gasteiger partial charge on any atom is 0.407 e. The molecule has 0 spiro atoms. The molecule has 2 aliphatic rings. The number of aromatic nitrogens is 2. The van der Waals surface area contributed by atoms with Crippen LogP contribution in [0.2, 0.25) is 0 Å². The predicted octanol–water partition coefficient (Wildman–Crippen LogP) is 3.57. The highest BCUT2D eigenvalue weighted by atomic mass is 16.5. The van der Waals surface area contributed by atoms with Crippen LogP contribution in [0.3, 0.4) is 0 Å². The van der Waals surface area contributed by atoms with Gasteiger partial charge in [-0.1, -0.05) is 19.9 Å². The first-order valence-corrected chi connectivity index (χ1v) is 15.7. The van der Waals surface area contributed by atoms with Crippen molar-refractivity contribution in [2.24, 2.45) is 11.8 Å². The van der Waals surface area contributed by atoms with E-state index >= 15 is 0 Å². The first-order valence-electron chi connectivity index (χ1n) is 15.7. The number of aryl methyl sites for hydroxylation is 1. The molecule has 2 atom stereocenters. The molecular weight excluding hydrogens is 566 g/mol. The molecule has 0 bridgehead atoms. The highest BCUT2D eigenvalue weighted by Gasteiger charge is 2.40. The van der Waals surface area contributed by atoms with Crippen molar-refractivity contribution in [2.45, 2.75) is 52.5 Å². The van der Waals surface area contributed by atoms with Gasteiger partial charge in [-0.05, 0) is 56.2 Å². The number of rotatable bonds is 13. The fourth-order valence-electron chi connectivity index (χ4n) is 5.95. The summed E-state index contributed by atoms with van der Waals surface area (Å²) in [5, 5.41) is 9.93. The van der Waals surface area contributed by atoms with E-state index in [0.29, 0.717) is 51.6 Å². The number of carboxylic acid groups (broad SMARTS) is 1. The summed E-state index contributed by atoms with van der Waals surface area (Å²) in [5.41, 5.74) is 2.19. The number of imidazole rings is 1. The Morgan fingerprint density at radius 3 is 2.59 bits per heavy atom. The van der Waals surface area contributed by atoms with Gasteiger partial charge in [0.25, 0.3) is 5.91 Å². The van der Waals surface area contributed by atoms with E-state index in [1.165, 1.54) is 4.90 Å². The Morgan fingerprint density at radius 1 is 1.14 bits per heavy atom. The average Bonchev–Trinajstić information content (AvgIpc) is 3.52. The van der Waals surface area contributed by atoms with Crippen LogP contribution >= 0.6 is 0 Å². The molecule has 2 saturated heterocycles. The minimum atomic E-state index is -1.10. The average molecular weight is 614 g/mol. The molecule has 0 radical (unpaired) electrons. The fourth-order valence-corrected chi connectivity index (χ4v) is 5.95. The van der Waals surface area contributed by atoms with E-state index in [-0.39, 0.29) is 36.5 Å². The molecule has 2 aliphatic heterocycles. The van der Waals surface area contributed by atoms with Crippen LogP contribution in [-0.2, 0) is 20.7 Å². The summed E-state index contributed by atoms with van der Waals surface area (Å²) in [7, 11) is 1.70. The van der Waals surface area contributed by atoms with Gasteiger partial charge in [0.2, 0.25) is 5.91 Å². The molecule has 1 aromatic carbocycles. The van der Waals surface area contributed by atoms with Crippen molar-refractivity contribution in [3.8, 4) is 11.4 Å². The molecule has 2 aromatic rings. The van der Waals surface area contributed by atoms with Gasteiger partial charge < -0.3 is 38.6 Å². The Balaban J connectivity index is 1.58. The lowest BCUT2D eigenvalue weighted by atomic mass is 9.91. The molecule has 0 aliphatic carbocycles. The number of likely N-dealkylation sites (tertiary alicyclic amines) is 1. The smallest absolute Gasteiger partial charge is 0.407 e. The second-order valence-corrected chi connectivity index (χ2v) is 11.9. The number of methoxy groups -OCH3 is 1. The maximum atomic E-state index is 14.1. The zero-order valence-corrected chi connectivity index (χ0v) is 26.4. The molecule has 242 valence electrons. The van der Waals surface area contributed by atoms with Crippen LogP contribution in [-0.4, -0.2) is 120 Å². The number of hydrogen-bond donors (Lipinski definition) is 1. The number of carbonyl (C=O) groups is 3. The minimum Gasteiger partial charge on any atom is -0.492 e. The van der Waals surface area contributed by atoms with Gasteiger partial charge in [-0.3, -0.25) is 9.59 Å². The standard InChI is InChI=1S/C32H47N5O7/c1-5-44-29-10-9-24(8-6-7-13-42-4)16-28(29)36-21-27(33-22-36)31(39)37(18-23(2)3)26-17-25(19-35(20-26)32(40)41)30(38)34-11-14-43-15-12-34/h9-10,16,21-23,25-26H,5-8,11-15,17-20H2,1-4H3,(H,40,41)/t25-,26+/m1/s1. The molecule has 44 heavy (non-hydrogen) atoms. The van der Waals surface area contributed by atoms with E-state index in [9.17, 15) is 19.5 Å². The van der Waals surface area contributed by atoms with E-state index in [4.69, 9.17) is 14.2 Å². The third-order valence-electron chi connectivity index (χ3n) is 8.10. The van der Waals surface area contributed by atoms with E-state index < -0.39 is 18.1 Å². The number of carbonyl (C=O) groups excluding carboxylic acids is 2. The van der Waals surface area contributed by atoms with Gasteiger partial charge in [-0.2, -0.15) is 0 Å². The summed E-state index contributed by atoms with van der Waals surface area (Å²) in [6, 6.07) is 5.60. The Hall–Kier alpha value is -3.64. The van der Waals surface area contributed by atoms with Gasteiger partial charge >= 0.3 is 6.09 Å². The lowest BCUT2D eigenvalue weighted by Crippen LogP contribution is -2.58. The van der Waals surface area contributed by atoms with Crippen molar-refractivity contribution in [3.05, 3.63) is 42.0 Å². The molecule has 12 heteroatoms. The topological polar surface area (TPSA) is 127 Å². The van der Waals surface area contributed by atoms with E-state index in [0.717, 1.165) is 37.1 Å². The monoisotopic (exact) mass is 613 g/mol. The van der Waals surface area contributed by atoms with Crippen LogP contribution < -0.4 is 4.74 Å². The summed E-state index contributed by atoms with van der Waals surface area (Å²) >= 11 is 0. The Morgan fingerprint density at radius 2 is 1.91 bits per heavy atom. The highest BCUT2D eigenvalue weighted by molar-refractivity contribution is 5.92. The van der Waals surface area contributed by atoms with E-state index in [1.54, 1.807) is 34.0 Å². The van der Waals surface area contributed by atoms with Gasteiger partial charge in [0.05, 0.1) is 37.5 Å². The SMILES string of the molecule is CCOc1ccc(CCCCOC)cc1-n1cnc(C(=O)N(CC(C)C)[C@H]2C[C@@H](C(=O)N3CCOCC3)CN(C(=O)O)C2)c1. The largest absolute Gasteiger partial charge is 0.492 e. The molecule has 0 unspecified atom stereocenters. The second-order valence-electron chi connectivity index (χ2n) is 11.9. The predicted molar refractivity (Wildman–Crippen MR) is 164 cm³/mol. The summed E-state index contributed by atoms with van der Waals surface area (Å²) in [4.78, 5) is 48.9. The molecule has 12 nitrogen and oxygen atoms in total. The van der Waals surface area contributed by atoms with Crippen LogP contribution in [0.1, 0.15) is 56.1 Å². The molecular formula is C32H47N5O7. The lowest BCUT2D eigenvalue weighted by molar-refractivity contribution is -0.142. The molecule has 3 heterocycles. The van der Waals surface area contributed by atoms with Gasteiger partial charge in [-0.15, -0.1) is 0 Å². The summed E-state index contributed by atoms with van der Waals surface area (Å²) < 4.78 is 18.3. The third-order valence-corrected chi connectivity index (χ3v) is 8.10. The van der Waals surface area contributed by atoms with Crippen LogP contribution in [0.25, 0.3) is 5.69 Å². The lowest BCUT2D eigenvalue weighted by Gasteiger charge is -2.43. The molecule has 2 fully saturated rings. The van der Waals surface area contributed by atoms with Crippen molar-refractivity contribution in [1.29, 1.82) is 0 Å². The van der Waals surface area contributed by atoms with Crippen molar-refractivity contribution >= 4 is 17.9 Å². The highest BCUT2D eigenvalue weighted by Crippen LogP contribution is 2.28. The number of morpholine rings is 1. The van der Waals surface area contributed by atoms with Crippen molar-refractivity contribution < 1.29 is 33.7 Å². The quantitative estimate of drug-likeness (QED) is 0.340. The summed E-state index contributed by atoms with van der Waals surface area (Å²) in [6.07, 6.45) is 5.45. The van der Waals surface area contributed by atoms with Crippen LogP contribution in [0, 0.1) is 11.8 Å². The fraction of sp³-hybridized carbons (Fsp3) is 0.625. The summed E-state index contributed by atoms with van der Waals surface area (Å²) in [6.45, 7) is 9.73. The number of benzene rings is 1. The number of amides is 3. The number of ether oxygens (including phenoxy) is 3. The van der Waals surface area contributed by atoms with Crippen molar-refractivity contribution in [2.75, 3.05) is 66.3 Å². The minimum absolute atomic E-state index is 0.0870. The zero-order valence-electron chi connectivity index (χ0n) is 26.4. The number of unbranched alkanes of at least 4 members (excludes halogenated alkanes) is 1. The van der Waals surface area contributed by atoms with Crippen molar-refractivity contribution in [1.82, 2.24) is 24.3 Å². The third kappa shape index (κ3) is 8.50. The zero-order chi connectivity index (χ0) is 31.6. The molecule has 1 N–H and O–H groups in total. The van der Waals surface area contributed by atoms with Crippen LogP contribution in [0.4, 0.5) is 4.79 Å². The normalized spacial score (nSPS) is 18.8. The van der Waals surface area contributed by atoms with E-state index in [1.807, 2.05) is 26.8 Å². The number of piperidine rings is 1. The first kappa shape index (κ1) is 33.3. The Bertz CT molecular complexity index is 1260. The number of nitrogens with zero attached hydrogens (tertiary/aromatic N) is 5. The van der Waals surface area contributed by atoms with E-state index in [2.05, 4.69) is 17.1 Å². The van der Waals surface area contributed by atoms with Crippen LogP contribution in [0.15, 0.2) is 30.7 Å². The molecule has 4 rings (SSSR count). The van der Waals surface area contributed by atoms with Gasteiger partial charge in [-0.25, -0.2) is 9.78 Å². The van der Waals surface area contributed by atoms with Gasteiger partial charge in [0.1, 0.15) is 17.8 Å². The van der Waals surface area contributed by atoms with Crippen LogP contribution in [0.5, 0.6) is 5.75 Å². The second kappa shape index (κ2) is 15.9. The number of hydrogen-bond acceptors (Lipinski definition) is 7. The summed E-state index contributed by atoms with van der Waals surface area (Å²) in [5.74, 6) is -0.105. The molecule has 0 saturated carbocycles. The first-order chi connectivity index (χ1) is 21.2. The Kier molecular flexibility index (Phi) is 12.0.